The first-order valence-electron chi connectivity index (χ1n) is 4.91. The number of thiazole rings is 1. The van der Waals surface area contributed by atoms with Crippen molar-refractivity contribution < 1.29 is 8.42 Å². The first kappa shape index (κ1) is 13.5. The van der Waals surface area contributed by atoms with Gasteiger partial charge in [0.15, 0.2) is 0 Å². The molecule has 18 heavy (non-hydrogen) atoms. The van der Waals surface area contributed by atoms with Gasteiger partial charge in [0.25, 0.3) is 0 Å². The number of hydrogen-bond donors (Lipinski definition) is 2. The normalized spacial score (nSPS) is 11.6. The fourth-order valence-electron chi connectivity index (χ4n) is 1.31. The molecule has 1 heterocycles. The summed E-state index contributed by atoms with van der Waals surface area (Å²) in [6, 6.07) is 4.56. The lowest BCUT2D eigenvalue weighted by Crippen LogP contribution is -2.23. The second kappa shape index (κ2) is 5.35. The largest absolute Gasteiger partial charge is 0.399 e. The zero-order valence-electron chi connectivity index (χ0n) is 9.13. The molecule has 8 heteroatoms. The van der Waals surface area contributed by atoms with Crippen LogP contribution < -0.4 is 10.5 Å². The Balaban J connectivity index is 2.20. The number of nitrogens with two attached hydrogens (primary N) is 1. The molecule has 0 amide bonds. The van der Waals surface area contributed by atoms with Crippen LogP contribution in [0, 0.1) is 0 Å². The van der Waals surface area contributed by atoms with Crippen molar-refractivity contribution in [2.75, 3.05) is 5.73 Å². The molecule has 3 N–H and O–H groups in total. The third-order valence-electron chi connectivity index (χ3n) is 2.17. The molecule has 0 saturated heterocycles. The SMILES string of the molecule is Nc1ccc(S(=O)(=O)NCc2cscn2)c(Br)c1. The maximum atomic E-state index is 12.1. The van der Waals surface area contributed by atoms with E-state index in [1.54, 1.807) is 23.0 Å². The number of benzene rings is 1. The van der Waals surface area contributed by atoms with E-state index in [9.17, 15) is 8.42 Å². The van der Waals surface area contributed by atoms with Crippen molar-refractivity contribution in [1.82, 2.24) is 9.71 Å². The molecule has 5 nitrogen and oxygen atoms in total. The Labute approximate surface area is 117 Å². The van der Waals surface area contributed by atoms with Crippen LogP contribution in [0.1, 0.15) is 5.69 Å². The van der Waals surface area contributed by atoms with Crippen LogP contribution in [0.25, 0.3) is 0 Å². The molecule has 0 unspecified atom stereocenters. The topological polar surface area (TPSA) is 85.1 Å². The number of nitrogens with one attached hydrogen (secondary N) is 1. The van der Waals surface area contributed by atoms with Gasteiger partial charge in [-0.2, -0.15) is 0 Å². The molecule has 0 bridgehead atoms. The van der Waals surface area contributed by atoms with E-state index in [0.29, 0.717) is 15.9 Å². The summed E-state index contributed by atoms with van der Waals surface area (Å²) < 4.78 is 27.0. The standard InChI is InChI=1S/C10H10BrN3O2S2/c11-9-3-7(12)1-2-10(9)18(15,16)14-4-8-5-17-6-13-8/h1-3,5-6,14H,4,12H2. The number of rotatable bonds is 4. The molecule has 0 fully saturated rings. The van der Waals surface area contributed by atoms with Gasteiger partial charge in [-0.05, 0) is 34.1 Å². The highest BCUT2D eigenvalue weighted by Gasteiger charge is 2.17. The van der Waals surface area contributed by atoms with E-state index in [1.807, 2.05) is 0 Å². The number of nitrogen functional groups attached to an aromatic ring is 1. The van der Waals surface area contributed by atoms with Gasteiger partial charge in [0.05, 0.1) is 22.6 Å². The van der Waals surface area contributed by atoms with Gasteiger partial charge in [-0.25, -0.2) is 18.1 Å². The minimum Gasteiger partial charge on any atom is -0.399 e. The van der Waals surface area contributed by atoms with Crippen molar-refractivity contribution in [3.63, 3.8) is 0 Å². The monoisotopic (exact) mass is 347 g/mol. The average Bonchev–Trinajstić information content (AvgIpc) is 2.78. The zero-order valence-corrected chi connectivity index (χ0v) is 12.3. The molecule has 0 saturated carbocycles. The molecular formula is C10H10BrN3O2S2. The highest BCUT2D eigenvalue weighted by molar-refractivity contribution is 9.10. The molecule has 1 aromatic carbocycles. The number of nitrogens with zero attached hydrogens (tertiary/aromatic N) is 1. The van der Waals surface area contributed by atoms with Gasteiger partial charge in [0, 0.05) is 15.5 Å². The van der Waals surface area contributed by atoms with E-state index < -0.39 is 10.0 Å². The van der Waals surface area contributed by atoms with Crippen LogP contribution in [-0.2, 0) is 16.6 Å². The van der Waals surface area contributed by atoms with Crippen LogP contribution in [0.3, 0.4) is 0 Å². The summed E-state index contributed by atoms with van der Waals surface area (Å²) >= 11 is 4.61. The van der Waals surface area contributed by atoms with Crippen LogP contribution in [0.2, 0.25) is 0 Å². The lowest BCUT2D eigenvalue weighted by Gasteiger charge is -2.08. The molecule has 0 spiro atoms. The van der Waals surface area contributed by atoms with Crippen molar-refractivity contribution in [3.05, 3.63) is 39.3 Å². The van der Waals surface area contributed by atoms with Gasteiger partial charge in [-0.15, -0.1) is 11.3 Å². The Morgan fingerprint density at radius 3 is 2.83 bits per heavy atom. The lowest BCUT2D eigenvalue weighted by atomic mass is 10.3. The summed E-state index contributed by atoms with van der Waals surface area (Å²) in [5, 5.41) is 1.79. The maximum absolute atomic E-state index is 12.1. The fraction of sp³-hybridized carbons (Fsp3) is 0.100. The van der Waals surface area contributed by atoms with Crippen molar-refractivity contribution in [2.24, 2.45) is 0 Å². The van der Waals surface area contributed by atoms with Crippen molar-refractivity contribution in [1.29, 1.82) is 0 Å². The Morgan fingerprint density at radius 2 is 2.22 bits per heavy atom. The molecule has 0 aliphatic carbocycles. The molecular weight excluding hydrogens is 338 g/mol. The van der Waals surface area contributed by atoms with Crippen molar-refractivity contribution in [2.45, 2.75) is 11.4 Å². The van der Waals surface area contributed by atoms with Gasteiger partial charge >= 0.3 is 0 Å². The predicted octanol–water partition coefficient (Wildman–Crippen LogP) is 1.97. The molecule has 0 aliphatic rings. The van der Waals surface area contributed by atoms with Gasteiger partial charge in [-0.1, -0.05) is 0 Å². The van der Waals surface area contributed by atoms with E-state index in [1.165, 1.54) is 17.4 Å². The number of halogens is 1. The fourth-order valence-corrected chi connectivity index (χ4v) is 3.96. The Morgan fingerprint density at radius 1 is 1.44 bits per heavy atom. The smallest absolute Gasteiger partial charge is 0.242 e. The van der Waals surface area contributed by atoms with Crippen LogP contribution in [0.4, 0.5) is 5.69 Å². The maximum Gasteiger partial charge on any atom is 0.242 e. The Bertz CT molecular complexity index is 641. The summed E-state index contributed by atoms with van der Waals surface area (Å²) in [7, 11) is -3.57. The van der Waals surface area contributed by atoms with Crippen LogP contribution in [0.15, 0.2) is 38.5 Å². The van der Waals surface area contributed by atoms with Crippen molar-refractivity contribution >= 4 is 43.0 Å². The van der Waals surface area contributed by atoms with E-state index in [-0.39, 0.29) is 11.4 Å². The average molecular weight is 348 g/mol. The predicted molar refractivity (Wildman–Crippen MR) is 74.7 cm³/mol. The van der Waals surface area contributed by atoms with Gasteiger partial charge in [-0.3, -0.25) is 0 Å². The van der Waals surface area contributed by atoms with Crippen molar-refractivity contribution in [3.8, 4) is 0 Å². The molecule has 0 aliphatic heterocycles. The summed E-state index contributed by atoms with van der Waals surface area (Å²) in [6.45, 7) is 0.169. The molecule has 0 atom stereocenters. The lowest BCUT2D eigenvalue weighted by molar-refractivity contribution is 0.580. The minimum absolute atomic E-state index is 0.159. The number of sulfonamides is 1. The number of anilines is 1. The number of hydrogen-bond acceptors (Lipinski definition) is 5. The second-order valence-corrected chi connectivity index (χ2v) is 6.80. The third-order valence-corrected chi connectivity index (χ3v) is 5.19. The highest BCUT2D eigenvalue weighted by Crippen LogP contribution is 2.24. The minimum atomic E-state index is -3.57. The summed E-state index contributed by atoms with van der Waals surface area (Å²) in [6.07, 6.45) is 0. The van der Waals surface area contributed by atoms with E-state index in [2.05, 4.69) is 25.6 Å². The van der Waals surface area contributed by atoms with Gasteiger partial charge in [0.2, 0.25) is 10.0 Å². The van der Waals surface area contributed by atoms with Gasteiger partial charge < -0.3 is 5.73 Å². The summed E-state index contributed by atoms with van der Waals surface area (Å²) in [5.41, 5.74) is 8.41. The number of aromatic nitrogens is 1. The molecule has 1 aromatic heterocycles. The third kappa shape index (κ3) is 3.08. The first-order valence-corrected chi connectivity index (χ1v) is 8.13. The summed E-state index contributed by atoms with van der Waals surface area (Å²) in [4.78, 5) is 4.17. The van der Waals surface area contributed by atoms with E-state index in [4.69, 9.17) is 5.73 Å². The van der Waals surface area contributed by atoms with Gasteiger partial charge in [0.1, 0.15) is 0 Å². The van der Waals surface area contributed by atoms with Crippen LogP contribution >= 0.6 is 27.3 Å². The summed E-state index contributed by atoms with van der Waals surface area (Å²) in [5.74, 6) is 0. The molecule has 0 radical (unpaired) electrons. The Kier molecular flexibility index (Phi) is 4.00. The quantitative estimate of drug-likeness (QED) is 0.828. The van der Waals surface area contributed by atoms with E-state index >= 15 is 0 Å². The van der Waals surface area contributed by atoms with E-state index in [0.717, 1.165) is 0 Å². The first-order chi connectivity index (χ1) is 8.49. The Hall–Kier alpha value is -0.960. The zero-order chi connectivity index (χ0) is 13.2. The molecule has 96 valence electrons. The second-order valence-electron chi connectivity index (χ2n) is 3.49. The van der Waals surface area contributed by atoms with Crippen LogP contribution in [-0.4, -0.2) is 13.4 Å². The van der Waals surface area contributed by atoms with Crippen LogP contribution in [0.5, 0.6) is 0 Å². The molecule has 2 aromatic rings. The molecule has 2 rings (SSSR count). The highest BCUT2D eigenvalue weighted by atomic mass is 79.9.